The number of carbonyl (C=O) groups is 1. The molecular formula is C34H35N7O4S. The van der Waals surface area contributed by atoms with Crippen molar-refractivity contribution in [3.8, 4) is 5.75 Å². The van der Waals surface area contributed by atoms with Gasteiger partial charge in [-0.15, -0.1) is 4.79 Å². The first-order chi connectivity index (χ1) is 22.2. The molecule has 6 aromatic rings. The molecule has 1 fully saturated rings. The smallest absolute Gasteiger partial charge is 0.268 e. The standard InChI is InChI=1S/C34H35N7O4S/c1-23-14-16-38(17-15-23)18-19-45-26-13-12-25-20-32(40(31(25)21-26)46(43,44)27-8-4-3-5-9-27)33(42)28-22-36-41(34(28)35)39-24(2)37-29-10-6-7-11-30(29)39/h3-13,20-23H,14-19,35H2,1-2H3. The Morgan fingerprint density at radius 3 is 2.50 bits per heavy atom. The molecule has 0 saturated carbocycles. The van der Waals surface area contributed by atoms with Crippen LogP contribution in [-0.2, 0) is 10.0 Å². The van der Waals surface area contributed by atoms with Gasteiger partial charge in [-0.2, -0.15) is 5.10 Å². The highest BCUT2D eigenvalue weighted by Gasteiger charge is 2.30. The number of likely N-dealkylation sites (tertiary alicyclic amines) is 1. The van der Waals surface area contributed by atoms with Crippen molar-refractivity contribution in [3.05, 3.63) is 102 Å². The number of hydrogen-bond acceptors (Lipinski definition) is 8. The minimum Gasteiger partial charge on any atom is -0.492 e. The number of piperidine rings is 1. The minimum absolute atomic E-state index is 0.0522. The number of ketones is 1. The molecule has 1 aliphatic heterocycles. The number of aromatic nitrogens is 5. The number of rotatable bonds is 9. The zero-order valence-electron chi connectivity index (χ0n) is 25.7. The van der Waals surface area contributed by atoms with Crippen LogP contribution in [0.5, 0.6) is 5.75 Å². The Balaban J connectivity index is 1.28. The summed E-state index contributed by atoms with van der Waals surface area (Å²) in [7, 11) is -4.20. The molecule has 3 aromatic carbocycles. The summed E-state index contributed by atoms with van der Waals surface area (Å²) in [6, 6.07) is 22.4. The molecule has 11 nitrogen and oxygen atoms in total. The van der Waals surface area contributed by atoms with Crippen molar-refractivity contribution >= 4 is 43.6 Å². The number of carbonyl (C=O) groups excluding carboxylic acids is 1. The summed E-state index contributed by atoms with van der Waals surface area (Å²) in [4.78, 5) is 22.7. The molecular weight excluding hydrogens is 602 g/mol. The van der Waals surface area contributed by atoms with Gasteiger partial charge in [-0.3, -0.25) is 9.69 Å². The summed E-state index contributed by atoms with van der Waals surface area (Å²) in [5.74, 6) is 1.37. The van der Waals surface area contributed by atoms with Gasteiger partial charge in [0.1, 0.15) is 23.9 Å². The van der Waals surface area contributed by atoms with E-state index >= 15 is 0 Å². The summed E-state index contributed by atoms with van der Waals surface area (Å²) >= 11 is 0. The van der Waals surface area contributed by atoms with Crippen LogP contribution in [0, 0.1) is 12.8 Å². The lowest BCUT2D eigenvalue weighted by molar-refractivity contribution is 0.103. The lowest BCUT2D eigenvalue weighted by atomic mass is 9.99. The van der Waals surface area contributed by atoms with Gasteiger partial charge >= 0.3 is 0 Å². The topological polar surface area (TPSA) is 130 Å². The third-order valence-corrected chi connectivity index (χ3v) is 10.5. The predicted octanol–water partition coefficient (Wildman–Crippen LogP) is 4.97. The van der Waals surface area contributed by atoms with Crippen LogP contribution in [0.4, 0.5) is 5.82 Å². The summed E-state index contributed by atoms with van der Waals surface area (Å²) < 4.78 is 37.3. The molecule has 0 bridgehead atoms. The first-order valence-corrected chi connectivity index (χ1v) is 16.8. The van der Waals surface area contributed by atoms with Crippen LogP contribution in [0.1, 0.15) is 41.6 Å². The molecule has 0 amide bonds. The van der Waals surface area contributed by atoms with E-state index in [0.717, 1.165) is 40.6 Å². The molecule has 0 atom stereocenters. The number of benzene rings is 3. The molecule has 0 aliphatic carbocycles. The van der Waals surface area contributed by atoms with Gasteiger partial charge in [0.15, 0.2) is 5.82 Å². The quantitative estimate of drug-likeness (QED) is 0.220. The molecule has 236 valence electrons. The van der Waals surface area contributed by atoms with Gasteiger partial charge in [0.25, 0.3) is 10.0 Å². The second-order valence-corrected chi connectivity index (χ2v) is 13.6. The lowest BCUT2D eigenvalue weighted by Crippen LogP contribution is -2.35. The molecule has 2 N–H and O–H groups in total. The molecule has 0 unspecified atom stereocenters. The summed E-state index contributed by atoms with van der Waals surface area (Å²) in [6.07, 6.45) is 3.71. The molecule has 0 radical (unpaired) electrons. The van der Waals surface area contributed by atoms with E-state index in [1.165, 1.54) is 36.0 Å². The van der Waals surface area contributed by atoms with Crippen LogP contribution in [0.25, 0.3) is 21.9 Å². The fraction of sp³-hybridized carbons (Fsp3) is 0.265. The predicted molar refractivity (Wildman–Crippen MR) is 177 cm³/mol. The van der Waals surface area contributed by atoms with E-state index in [1.807, 2.05) is 31.2 Å². The van der Waals surface area contributed by atoms with Crippen LogP contribution in [0.2, 0.25) is 0 Å². The normalized spacial score (nSPS) is 14.7. The Kier molecular flexibility index (Phi) is 7.61. The molecule has 7 rings (SSSR count). The number of ether oxygens (including phenoxy) is 1. The molecule has 12 heteroatoms. The Morgan fingerprint density at radius 2 is 1.72 bits per heavy atom. The number of nitrogens with zero attached hydrogens (tertiary/aromatic N) is 6. The summed E-state index contributed by atoms with van der Waals surface area (Å²) in [5.41, 5.74) is 8.41. The number of nitrogen functional groups attached to an aromatic ring is 1. The highest BCUT2D eigenvalue weighted by Crippen LogP contribution is 2.31. The van der Waals surface area contributed by atoms with Crippen molar-refractivity contribution in [1.82, 2.24) is 28.4 Å². The van der Waals surface area contributed by atoms with Crippen molar-refractivity contribution in [2.75, 3.05) is 32.0 Å². The van der Waals surface area contributed by atoms with E-state index in [0.29, 0.717) is 29.1 Å². The van der Waals surface area contributed by atoms with Gasteiger partial charge in [-0.25, -0.2) is 22.1 Å². The van der Waals surface area contributed by atoms with Crippen LogP contribution in [0.3, 0.4) is 0 Å². The second-order valence-electron chi connectivity index (χ2n) is 11.8. The minimum atomic E-state index is -4.20. The highest BCUT2D eigenvalue weighted by atomic mass is 32.2. The van der Waals surface area contributed by atoms with E-state index in [-0.39, 0.29) is 22.0 Å². The molecule has 3 aromatic heterocycles. The van der Waals surface area contributed by atoms with Crippen molar-refractivity contribution < 1.29 is 17.9 Å². The first-order valence-electron chi connectivity index (χ1n) is 15.4. The summed E-state index contributed by atoms with van der Waals surface area (Å²) in [5, 5.41) is 4.99. The van der Waals surface area contributed by atoms with Crippen molar-refractivity contribution in [3.63, 3.8) is 0 Å². The largest absolute Gasteiger partial charge is 0.492 e. The van der Waals surface area contributed by atoms with E-state index < -0.39 is 15.8 Å². The number of anilines is 1. The average Bonchev–Trinajstić information content (AvgIpc) is 3.74. The Hall–Kier alpha value is -4.94. The van der Waals surface area contributed by atoms with E-state index in [2.05, 4.69) is 21.9 Å². The van der Waals surface area contributed by atoms with Crippen molar-refractivity contribution in [2.45, 2.75) is 31.6 Å². The molecule has 1 aliphatic rings. The number of aryl methyl sites for hydroxylation is 1. The van der Waals surface area contributed by atoms with Gasteiger partial charge in [-0.05, 0) is 81.2 Å². The Bertz CT molecular complexity index is 2180. The number of para-hydroxylation sites is 2. The maximum Gasteiger partial charge on any atom is 0.268 e. The Morgan fingerprint density at radius 1 is 0.978 bits per heavy atom. The van der Waals surface area contributed by atoms with E-state index in [4.69, 9.17) is 10.5 Å². The lowest BCUT2D eigenvalue weighted by Gasteiger charge is -2.29. The fourth-order valence-electron chi connectivity index (χ4n) is 6.13. The van der Waals surface area contributed by atoms with Crippen molar-refractivity contribution in [1.29, 1.82) is 0 Å². The first kappa shape index (κ1) is 29.8. The SMILES string of the molecule is Cc1nc2ccccc2n1-n1ncc(C(=O)c2cc3ccc(OCCN4CCC(C)CC4)cc3n2S(=O)(=O)c2ccccc2)c1N. The van der Waals surface area contributed by atoms with Crippen molar-refractivity contribution in [2.24, 2.45) is 5.92 Å². The fourth-order valence-corrected chi connectivity index (χ4v) is 7.66. The van der Waals surface area contributed by atoms with Gasteiger partial charge in [0, 0.05) is 18.0 Å². The summed E-state index contributed by atoms with van der Waals surface area (Å²) in [6.45, 7) is 7.44. The maximum atomic E-state index is 14.2. The second kappa shape index (κ2) is 11.8. The molecule has 1 saturated heterocycles. The maximum absolute atomic E-state index is 14.2. The molecule has 46 heavy (non-hydrogen) atoms. The van der Waals surface area contributed by atoms with Gasteiger partial charge < -0.3 is 10.5 Å². The number of imidazole rings is 1. The zero-order chi connectivity index (χ0) is 32.0. The highest BCUT2D eigenvalue weighted by molar-refractivity contribution is 7.90. The van der Waals surface area contributed by atoms with Crippen LogP contribution in [-0.4, -0.2) is 68.9 Å². The number of hydrogen-bond donors (Lipinski definition) is 1. The van der Waals surface area contributed by atoms with Crippen LogP contribution < -0.4 is 10.5 Å². The number of fused-ring (bicyclic) bond motifs is 2. The third-order valence-electron chi connectivity index (χ3n) is 8.72. The van der Waals surface area contributed by atoms with E-state index in [9.17, 15) is 13.2 Å². The van der Waals surface area contributed by atoms with Gasteiger partial charge in [0.2, 0.25) is 5.78 Å². The average molecular weight is 638 g/mol. The van der Waals surface area contributed by atoms with Crippen LogP contribution in [0.15, 0.2) is 90.0 Å². The number of nitrogens with two attached hydrogens (primary N) is 1. The Labute approximate surface area is 266 Å². The third kappa shape index (κ3) is 5.23. The zero-order valence-corrected chi connectivity index (χ0v) is 26.5. The van der Waals surface area contributed by atoms with Gasteiger partial charge in [0.05, 0.1) is 33.2 Å². The van der Waals surface area contributed by atoms with E-state index in [1.54, 1.807) is 47.1 Å². The monoisotopic (exact) mass is 637 g/mol. The van der Waals surface area contributed by atoms with Crippen LogP contribution >= 0.6 is 0 Å². The molecule has 0 spiro atoms. The van der Waals surface area contributed by atoms with Gasteiger partial charge in [-0.1, -0.05) is 37.3 Å². The molecule has 4 heterocycles.